The highest BCUT2D eigenvalue weighted by atomic mass is 16.2. The van der Waals surface area contributed by atoms with E-state index in [0.29, 0.717) is 25.3 Å². The summed E-state index contributed by atoms with van der Waals surface area (Å²) in [4.78, 5) is 33.3. The summed E-state index contributed by atoms with van der Waals surface area (Å²) < 4.78 is 3.55. The van der Waals surface area contributed by atoms with E-state index in [2.05, 4.69) is 10.1 Å². The number of nitrogens with zero attached hydrogens (tertiary/aromatic N) is 6. The van der Waals surface area contributed by atoms with Gasteiger partial charge in [-0.1, -0.05) is 0 Å². The van der Waals surface area contributed by atoms with Gasteiger partial charge in [0.25, 0.3) is 0 Å². The van der Waals surface area contributed by atoms with Gasteiger partial charge in [0.1, 0.15) is 0 Å². The number of piperidine rings is 1. The molecular formula is C17H24N6O2. The van der Waals surface area contributed by atoms with Crippen molar-refractivity contribution < 1.29 is 9.59 Å². The molecule has 2 atom stereocenters. The Morgan fingerprint density at radius 1 is 1.36 bits per heavy atom. The second kappa shape index (κ2) is 6.70. The number of aryl methyl sites for hydroxylation is 2. The maximum absolute atomic E-state index is 13.2. The Labute approximate surface area is 147 Å². The first-order valence-corrected chi connectivity index (χ1v) is 8.48. The van der Waals surface area contributed by atoms with Gasteiger partial charge < -0.3 is 9.47 Å². The van der Waals surface area contributed by atoms with Crippen LogP contribution in [0.15, 0.2) is 24.7 Å². The van der Waals surface area contributed by atoms with Gasteiger partial charge in [-0.05, 0) is 19.4 Å². The van der Waals surface area contributed by atoms with Gasteiger partial charge in [0.05, 0.1) is 17.7 Å². The van der Waals surface area contributed by atoms with Crippen LogP contribution in [0.2, 0.25) is 0 Å². The highest BCUT2D eigenvalue weighted by molar-refractivity contribution is 5.95. The van der Waals surface area contributed by atoms with Crippen LogP contribution in [0.25, 0.3) is 0 Å². The maximum atomic E-state index is 13.2. The first-order valence-electron chi connectivity index (χ1n) is 8.48. The van der Waals surface area contributed by atoms with Gasteiger partial charge in [0, 0.05) is 52.7 Å². The van der Waals surface area contributed by atoms with E-state index >= 15 is 0 Å². The van der Waals surface area contributed by atoms with E-state index in [1.807, 2.05) is 31.7 Å². The Hall–Kier alpha value is -2.64. The number of imidazole rings is 1. The number of carbonyl (C=O) groups excluding carboxylic acids is 2. The predicted octanol–water partition coefficient (Wildman–Crippen LogP) is 1.12. The molecule has 134 valence electrons. The fourth-order valence-corrected chi connectivity index (χ4v) is 3.65. The molecule has 25 heavy (non-hydrogen) atoms. The zero-order valence-corrected chi connectivity index (χ0v) is 15.1. The second-order valence-electron chi connectivity index (χ2n) is 6.38. The van der Waals surface area contributed by atoms with Gasteiger partial charge in [-0.15, -0.1) is 0 Å². The summed E-state index contributed by atoms with van der Waals surface area (Å²) in [5.74, 6) is 0.312. The molecule has 1 fully saturated rings. The third-order valence-electron chi connectivity index (χ3n) is 4.95. The van der Waals surface area contributed by atoms with E-state index in [4.69, 9.17) is 0 Å². The first kappa shape index (κ1) is 17.2. The summed E-state index contributed by atoms with van der Waals surface area (Å²) in [6.07, 6.45) is 6.08. The van der Waals surface area contributed by atoms with Crippen LogP contribution in [-0.4, -0.2) is 49.6 Å². The minimum Gasteiger partial charge on any atom is -0.334 e. The number of hydrogen-bond acceptors (Lipinski definition) is 4. The van der Waals surface area contributed by atoms with Crippen LogP contribution >= 0.6 is 0 Å². The monoisotopic (exact) mass is 344 g/mol. The molecule has 0 aromatic carbocycles. The van der Waals surface area contributed by atoms with E-state index in [0.717, 1.165) is 5.69 Å². The first-order chi connectivity index (χ1) is 12.0. The van der Waals surface area contributed by atoms with Crippen LogP contribution in [0, 0.1) is 5.92 Å². The van der Waals surface area contributed by atoms with E-state index in [-0.39, 0.29) is 23.8 Å². The van der Waals surface area contributed by atoms with E-state index in [1.165, 1.54) is 0 Å². The van der Waals surface area contributed by atoms with Crippen LogP contribution in [-0.2, 0) is 23.7 Å². The van der Waals surface area contributed by atoms with Crippen molar-refractivity contribution in [3.05, 3.63) is 30.4 Å². The van der Waals surface area contributed by atoms with E-state index < -0.39 is 0 Å². The topological polar surface area (TPSA) is 76.3 Å². The van der Waals surface area contributed by atoms with Gasteiger partial charge in [0.2, 0.25) is 17.8 Å². The summed E-state index contributed by atoms with van der Waals surface area (Å²) in [7, 11) is 5.43. The molecule has 3 rings (SSSR count). The molecule has 8 heteroatoms. The fraction of sp³-hybridized carbons (Fsp3) is 0.529. The average molecular weight is 344 g/mol. The van der Waals surface area contributed by atoms with Crippen molar-refractivity contribution in [3.8, 4) is 0 Å². The molecule has 0 unspecified atom stereocenters. The van der Waals surface area contributed by atoms with Crippen molar-refractivity contribution in [2.24, 2.45) is 20.0 Å². The van der Waals surface area contributed by atoms with Crippen molar-refractivity contribution in [2.45, 2.75) is 25.8 Å². The summed E-state index contributed by atoms with van der Waals surface area (Å²) in [5.41, 5.74) is 0.876. The number of anilines is 1. The zero-order valence-electron chi connectivity index (χ0n) is 15.1. The molecule has 0 bridgehead atoms. The molecule has 2 aromatic rings. The highest BCUT2D eigenvalue weighted by Crippen LogP contribution is 2.37. The summed E-state index contributed by atoms with van der Waals surface area (Å²) in [6.45, 7) is 2.50. The van der Waals surface area contributed by atoms with Gasteiger partial charge in [-0.2, -0.15) is 5.10 Å². The molecular weight excluding hydrogens is 320 g/mol. The lowest BCUT2D eigenvalue weighted by Crippen LogP contribution is -2.49. The molecule has 1 aliphatic rings. The van der Waals surface area contributed by atoms with Crippen LogP contribution in [0.1, 0.15) is 31.5 Å². The number of rotatable bonds is 4. The largest absolute Gasteiger partial charge is 0.334 e. The predicted molar refractivity (Wildman–Crippen MR) is 92.7 cm³/mol. The molecule has 8 nitrogen and oxygen atoms in total. The lowest BCUT2D eigenvalue weighted by Gasteiger charge is -2.41. The minimum absolute atomic E-state index is 0.0357. The molecule has 2 aromatic heterocycles. The number of aromatic nitrogens is 4. The molecule has 3 heterocycles. The number of hydrogen-bond donors (Lipinski definition) is 0. The van der Waals surface area contributed by atoms with E-state index in [9.17, 15) is 9.59 Å². The second-order valence-corrected chi connectivity index (χ2v) is 6.38. The van der Waals surface area contributed by atoms with Crippen molar-refractivity contribution in [1.82, 2.24) is 24.2 Å². The number of carbonyl (C=O) groups is 2. The Balaban J connectivity index is 1.97. The summed E-state index contributed by atoms with van der Waals surface area (Å²) in [5, 5.41) is 4.23. The zero-order chi connectivity index (χ0) is 18.1. The lowest BCUT2D eigenvalue weighted by atomic mass is 9.85. The standard InChI is InChI=1S/C17H24N6O2/c1-5-23-14(24)7-6-12(15(23)13-8-9-19-22(13)4)16(25)21(3)17-18-10-11-20(17)2/h8-12,15H,5-7H2,1-4H3/t12-,15-/m0/s1. The van der Waals surface area contributed by atoms with Crippen LogP contribution in [0.3, 0.4) is 0 Å². The normalized spacial score (nSPS) is 20.8. The van der Waals surface area contributed by atoms with Crippen LogP contribution in [0.5, 0.6) is 0 Å². The van der Waals surface area contributed by atoms with Gasteiger partial charge >= 0.3 is 0 Å². The van der Waals surface area contributed by atoms with Crippen molar-refractivity contribution in [1.29, 1.82) is 0 Å². The summed E-state index contributed by atoms with van der Waals surface area (Å²) in [6, 6.07) is 1.57. The fourth-order valence-electron chi connectivity index (χ4n) is 3.65. The molecule has 0 radical (unpaired) electrons. The third-order valence-corrected chi connectivity index (χ3v) is 4.95. The Kier molecular flexibility index (Phi) is 4.61. The van der Waals surface area contributed by atoms with Gasteiger partial charge in [-0.3, -0.25) is 19.2 Å². The Bertz CT molecular complexity index is 780. The lowest BCUT2D eigenvalue weighted by molar-refractivity contribution is -0.142. The molecule has 2 amide bonds. The average Bonchev–Trinajstić information content (AvgIpc) is 3.21. The SMILES string of the molecule is CCN1C(=O)CC[C@H](C(=O)N(C)c2nccn2C)[C@H]1c1ccnn1C. The molecule has 1 aliphatic heterocycles. The molecule has 0 saturated carbocycles. The van der Waals surface area contributed by atoms with E-state index in [1.54, 1.807) is 40.1 Å². The summed E-state index contributed by atoms with van der Waals surface area (Å²) >= 11 is 0. The van der Waals surface area contributed by atoms with Crippen LogP contribution in [0.4, 0.5) is 5.95 Å². The third kappa shape index (κ3) is 2.92. The maximum Gasteiger partial charge on any atom is 0.234 e. The van der Waals surface area contributed by atoms with Crippen molar-refractivity contribution >= 4 is 17.8 Å². The van der Waals surface area contributed by atoms with Gasteiger partial charge in [-0.25, -0.2) is 4.98 Å². The Morgan fingerprint density at radius 2 is 2.12 bits per heavy atom. The van der Waals surface area contributed by atoms with Crippen molar-refractivity contribution in [3.63, 3.8) is 0 Å². The molecule has 1 saturated heterocycles. The molecule has 0 N–H and O–H groups in total. The van der Waals surface area contributed by atoms with Crippen molar-refractivity contribution in [2.75, 3.05) is 18.5 Å². The van der Waals surface area contributed by atoms with Gasteiger partial charge in [0.15, 0.2) is 0 Å². The highest BCUT2D eigenvalue weighted by Gasteiger charge is 2.42. The molecule has 0 spiro atoms. The molecule has 0 aliphatic carbocycles. The smallest absolute Gasteiger partial charge is 0.234 e. The number of likely N-dealkylation sites (tertiary alicyclic amines) is 1. The Morgan fingerprint density at radius 3 is 2.68 bits per heavy atom. The van der Waals surface area contributed by atoms with Crippen LogP contribution < -0.4 is 4.90 Å². The quantitative estimate of drug-likeness (QED) is 0.833. The minimum atomic E-state index is -0.324. The number of amides is 2.